The molecule has 3 aromatic rings. The van der Waals surface area contributed by atoms with Crippen molar-refractivity contribution in [1.82, 2.24) is 0 Å². The Hall–Kier alpha value is -4.33. The third-order valence-electron chi connectivity index (χ3n) is 6.56. The van der Waals surface area contributed by atoms with Gasteiger partial charge in [-0.3, -0.25) is 14.9 Å². The summed E-state index contributed by atoms with van der Waals surface area (Å²) in [5.41, 5.74) is 4.15. The van der Waals surface area contributed by atoms with E-state index < -0.39 is 22.4 Å². The van der Waals surface area contributed by atoms with Gasteiger partial charge in [-0.25, -0.2) is 0 Å². The number of carbonyl (C=O) groups excluding carboxylic acids is 1. The number of hydrogen-bond donors (Lipinski definition) is 3. The molecule has 0 aromatic heterocycles. The summed E-state index contributed by atoms with van der Waals surface area (Å²) in [6, 6.07) is 19.1. The molecule has 0 bridgehead atoms. The van der Waals surface area contributed by atoms with Crippen molar-refractivity contribution in [3.63, 3.8) is 0 Å². The lowest BCUT2D eigenvalue weighted by Gasteiger charge is -2.30. The Kier molecular flexibility index (Phi) is 6.10. The van der Waals surface area contributed by atoms with Crippen LogP contribution in [0.15, 0.2) is 78.0 Å². The molecule has 2 aliphatic rings. The van der Waals surface area contributed by atoms with Crippen molar-refractivity contribution in [2.75, 3.05) is 10.6 Å². The van der Waals surface area contributed by atoms with Gasteiger partial charge in [-0.15, -0.1) is 0 Å². The molecule has 0 spiro atoms. The summed E-state index contributed by atoms with van der Waals surface area (Å²) >= 11 is 0. The lowest BCUT2D eigenvalue weighted by molar-refractivity contribution is -0.385. The van der Waals surface area contributed by atoms with Gasteiger partial charge < -0.3 is 20.5 Å². The third-order valence-corrected chi connectivity index (χ3v) is 6.56. The molecule has 0 saturated carbocycles. The number of ether oxygens (including phenoxy) is 1. The fourth-order valence-electron chi connectivity index (χ4n) is 4.94. The summed E-state index contributed by atoms with van der Waals surface area (Å²) in [4.78, 5) is 24.5. The van der Waals surface area contributed by atoms with Crippen LogP contribution < -0.4 is 15.4 Å². The fraction of sp³-hybridized carbons (Fsp3) is 0.250. The maximum Gasteiger partial charge on any atom is 0.311 e. The predicted molar refractivity (Wildman–Crippen MR) is 137 cm³/mol. The molecule has 36 heavy (non-hydrogen) atoms. The second kappa shape index (κ2) is 9.37. The van der Waals surface area contributed by atoms with Crippen molar-refractivity contribution in [3.8, 4) is 11.5 Å². The van der Waals surface area contributed by atoms with Crippen LogP contribution in [0, 0.1) is 10.1 Å². The summed E-state index contributed by atoms with van der Waals surface area (Å²) < 4.78 is 5.75. The Bertz CT molecular complexity index is 1360. The van der Waals surface area contributed by atoms with Gasteiger partial charge in [0, 0.05) is 23.8 Å². The SMILES string of the molecule is CC(C)Oc1ccc(C2CC(=O)C3=C(C2)Nc2ccccc2NC3c2ccc(O)c([N+](=O)[O-])c2)cc1. The molecule has 0 radical (unpaired) electrons. The number of anilines is 2. The number of phenolic OH excluding ortho intramolecular Hbond substituents is 1. The fourth-order valence-corrected chi connectivity index (χ4v) is 4.94. The molecule has 0 fully saturated rings. The van der Waals surface area contributed by atoms with Crippen LogP contribution in [-0.2, 0) is 4.79 Å². The summed E-state index contributed by atoms with van der Waals surface area (Å²) in [5.74, 6) is 0.328. The van der Waals surface area contributed by atoms with Gasteiger partial charge in [0.25, 0.3) is 0 Å². The first-order valence-corrected chi connectivity index (χ1v) is 11.9. The number of nitrogens with zero attached hydrogens (tertiary/aromatic N) is 1. The first-order valence-electron chi connectivity index (χ1n) is 11.9. The second-order valence-corrected chi connectivity index (χ2v) is 9.41. The number of rotatable bonds is 5. The summed E-state index contributed by atoms with van der Waals surface area (Å²) in [6.45, 7) is 3.95. The minimum Gasteiger partial charge on any atom is -0.502 e. The maximum absolute atomic E-state index is 13.7. The highest BCUT2D eigenvalue weighted by molar-refractivity contribution is 6.01. The normalized spacial score (nSPS) is 19.0. The number of ketones is 1. The molecular weight excluding hydrogens is 458 g/mol. The van der Waals surface area contributed by atoms with E-state index in [2.05, 4.69) is 10.6 Å². The van der Waals surface area contributed by atoms with Crippen molar-refractivity contribution < 1.29 is 19.6 Å². The predicted octanol–water partition coefficient (Wildman–Crippen LogP) is 6.07. The number of phenols is 1. The Morgan fingerprint density at radius 3 is 2.39 bits per heavy atom. The molecule has 8 nitrogen and oxygen atoms in total. The van der Waals surface area contributed by atoms with Crippen LogP contribution in [0.2, 0.25) is 0 Å². The number of hydrogen-bond acceptors (Lipinski definition) is 7. The topological polar surface area (TPSA) is 114 Å². The van der Waals surface area contributed by atoms with Crippen LogP contribution in [0.4, 0.5) is 17.1 Å². The minimum absolute atomic E-state index is 0.0167. The van der Waals surface area contributed by atoms with E-state index in [-0.39, 0.29) is 17.8 Å². The summed E-state index contributed by atoms with van der Waals surface area (Å²) in [7, 11) is 0. The van der Waals surface area contributed by atoms with Crippen molar-refractivity contribution in [2.45, 2.75) is 44.8 Å². The number of fused-ring (bicyclic) bond motifs is 1. The van der Waals surface area contributed by atoms with Crippen molar-refractivity contribution in [2.24, 2.45) is 0 Å². The number of allylic oxidation sites excluding steroid dienone is 1. The van der Waals surface area contributed by atoms with Gasteiger partial charge in [-0.2, -0.15) is 0 Å². The number of para-hydroxylation sites is 2. The highest BCUT2D eigenvalue weighted by Crippen LogP contribution is 2.45. The monoisotopic (exact) mass is 485 g/mol. The highest BCUT2D eigenvalue weighted by Gasteiger charge is 2.36. The van der Waals surface area contributed by atoms with Crippen LogP contribution in [0.25, 0.3) is 0 Å². The molecule has 8 heteroatoms. The lowest BCUT2D eigenvalue weighted by Crippen LogP contribution is -2.27. The van der Waals surface area contributed by atoms with Crippen LogP contribution >= 0.6 is 0 Å². The number of nitrogens with one attached hydrogen (secondary N) is 2. The molecule has 0 saturated heterocycles. The van der Waals surface area contributed by atoms with E-state index in [1.807, 2.05) is 62.4 Å². The number of aromatic hydroxyl groups is 1. The van der Waals surface area contributed by atoms with Crippen molar-refractivity contribution >= 4 is 22.8 Å². The molecule has 1 aliphatic heterocycles. The molecule has 184 valence electrons. The van der Waals surface area contributed by atoms with Gasteiger partial charge >= 0.3 is 5.69 Å². The number of benzene rings is 3. The molecular formula is C28H27N3O5. The summed E-state index contributed by atoms with van der Waals surface area (Å²) in [5, 5.41) is 28.3. The van der Waals surface area contributed by atoms with Crippen LogP contribution in [0.5, 0.6) is 11.5 Å². The largest absolute Gasteiger partial charge is 0.502 e. The number of nitro benzene ring substituents is 1. The zero-order chi connectivity index (χ0) is 25.4. The number of carbonyl (C=O) groups is 1. The first-order chi connectivity index (χ1) is 17.3. The Balaban J connectivity index is 1.55. The zero-order valence-corrected chi connectivity index (χ0v) is 20.0. The third kappa shape index (κ3) is 4.49. The van der Waals surface area contributed by atoms with E-state index >= 15 is 0 Å². The van der Waals surface area contributed by atoms with Gasteiger partial charge in [-0.05, 0) is 67.6 Å². The zero-order valence-electron chi connectivity index (χ0n) is 20.0. The Labute approximate surface area is 208 Å². The standard InChI is InChI=1S/C28H27N3O5/c1-16(2)36-20-10-7-17(8-11-20)19-13-23-27(26(33)15-19)28(30-22-6-4-3-5-21(22)29-23)18-9-12-25(32)24(14-18)31(34)35/h3-12,14,16,19,28-30,32H,13,15H2,1-2H3. The number of Topliss-reactive ketones (excluding diaryl/α,β-unsaturated/α-hetero) is 1. The van der Waals surface area contributed by atoms with E-state index in [1.54, 1.807) is 6.07 Å². The molecule has 2 atom stereocenters. The van der Waals surface area contributed by atoms with Gasteiger partial charge in [0.1, 0.15) is 5.75 Å². The smallest absolute Gasteiger partial charge is 0.311 e. The number of nitro groups is 1. The molecule has 0 amide bonds. The molecule has 5 rings (SSSR count). The van der Waals surface area contributed by atoms with E-state index in [1.165, 1.54) is 12.1 Å². The van der Waals surface area contributed by atoms with Crippen molar-refractivity contribution in [3.05, 3.63) is 99.2 Å². The Morgan fingerprint density at radius 2 is 1.69 bits per heavy atom. The maximum atomic E-state index is 13.7. The molecule has 3 aromatic carbocycles. The molecule has 3 N–H and O–H groups in total. The minimum atomic E-state index is -0.623. The van der Waals surface area contributed by atoms with Crippen LogP contribution in [-0.4, -0.2) is 21.9 Å². The molecule has 2 unspecified atom stereocenters. The average Bonchev–Trinajstić information content (AvgIpc) is 3.01. The second-order valence-electron chi connectivity index (χ2n) is 9.41. The van der Waals surface area contributed by atoms with Gasteiger partial charge in [0.2, 0.25) is 0 Å². The van der Waals surface area contributed by atoms with E-state index in [0.717, 1.165) is 28.4 Å². The van der Waals surface area contributed by atoms with Crippen molar-refractivity contribution in [1.29, 1.82) is 0 Å². The van der Waals surface area contributed by atoms with E-state index in [4.69, 9.17) is 4.74 Å². The highest BCUT2D eigenvalue weighted by atomic mass is 16.6. The Morgan fingerprint density at radius 1 is 1.00 bits per heavy atom. The van der Waals surface area contributed by atoms with Gasteiger partial charge in [-0.1, -0.05) is 30.3 Å². The van der Waals surface area contributed by atoms with E-state index in [0.29, 0.717) is 24.0 Å². The summed E-state index contributed by atoms with van der Waals surface area (Å²) in [6.07, 6.45) is 1.01. The quantitative estimate of drug-likeness (QED) is 0.297. The first kappa shape index (κ1) is 23.4. The molecule has 1 aliphatic carbocycles. The average molecular weight is 486 g/mol. The van der Waals surface area contributed by atoms with E-state index in [9.17, 15) is 20.0 Å². The van der Waals surface area contributed by atoms with Crippen LogP contribution in [0.3, 0.4) is 0 Å². The van der Waals surface area contributed by atoms with Gasteiger partial charge in [0.15, 0.2) is 11.5 Å². The van der Waals surface area contributed by atoms with Gasteiger partial charge in [0.05, 0.1) is 28.4 Å². The molecule has 1 heterocycles. The van der Waals surface area contributed by atoms with Crippen LogP contribution in [0.1, 0.15) is 49.8 Å². The lowest BCUT2D eigenvalue weighted by atomic mass is 9.78.